The van der Waals surface area contributed by atoms with Crippen LogP contribution in [-0.2, 0) is 17.9 Å². The number of aliphatic hydroxyl groups excluding tert-OH is 1. The standard InChI is InChI=1S/C16H20N2O2/c19-16(11-18-10-14-6-8-17-9-7-14)13-20-12-15-4-2-1-3-5-15/h1-9,16,18-19H,10-13H2. The molecule has 0 aliphatic rings. The van der Waals surface area contributed by atoms with Crippen LogP contribution in [0.2, 0.25) is 0 Å². The predicted molar refractivity (Wildman–Crippen MR) is 78.0 cm³/mol. The molecule has 0 amide bonds. The van der Waals surface area contributed by atoms with Gasteiger partial charge in [-0.1, -0.05) is 30.3 Å². The first kappa shape index (κ1) is 14.7. The van der Waals surface area contributed by atoms with E-state index < -0.39 is 6.10 Å². The first-order valence-corrected chi connectivity index (χ1v) is 6.74. The molecule has 0 aliphatic heterocycles. The summed E-state index contributed by atoms with van der Waals surface area (Å²) in [4.78, 5) is 3.96. The number of ether oxygens (including phenoxy) is 1. The Bertz CT molecular complexity index is 431. The largest absolute Gasteiger partial charge is 0.389 e. The van der Waals surface area contributed by atoms with Gasteiger partial charge in [-0.2, -0.15) is 0 Å². The van der Waals surface area contributed by atoms with Crippen LogP contribution in [0.3, 0.4) is 0 Å². The van der Waals surface area contributed by atoms with Crippen LogP contribution in [-0.4, -0.2) is 29.3 Å². The lowest BCUT2D eigenvalue weighted by atomic mass is 10.2. The highest BCUT2D eigenvalue weighted by molar-refractivity contribution is 5.13. The zero-order chi connectivity index (χ0) is 14.0. The molecule has 0 aliphatic carbocycles. The van der Waals surface area contributed by atoms with E-state index in [0.717, 1.165) is 17.7 Å². The van der Waals surface area contributed by atoms with Crippen molar-refractivity contribution in [3.8, 4) is 0 Å². The quantitative estimate of drug-likeness (QED) is 0.768. The van der Waals surface area contributed by atoms with E-state index in [1.54, 1.807) is 12.4 Å². The average molecular weight is 272 g/mol. The molecule has 0 saturated heterocycles. The molecule has 1 aromatic heterocycles. The molecule has 106 valence electrons. The maximum atomic E-state index is 9.81. The first-order valence-electron chi connectivity index (χ1n) is 6.74. The third-order valence-corrected chi connectivity index (χ3v) is 2.88. The first-order chi connectivity index (χ1) is 9.84. The number of nitrogens with zero attached hydrogens (tertiary/aromatic N) is 1. The zero-order valence-electron chi connectivity index (χ0n) is 11.4. The van der Waals surface area contributed by atoms with Crippen molar-refractivity contribution in [2.45, 2.75) is 19.3 Å². The Morgan fingerprint density at radius 1 is 1.05 bits per heavy atom. The molecule has 0 radical (unpaired) electrons. The van der Waals surface area contributed by atoms with E-state index in [2.05, 4.69) is 10.3 Å². The van der Waals surface area contributed by atoms with Crippen molar-refractivity contribution in [1.82, 2.24) is 10.3 Å². The second kappa shape index (κ2) is 8.43. The predicted octanol–water partition coefficient (Wildman–Crippen LogP) is 1.75. The van der Waals surface area contributed by atoms with Crippen LogP contribution in [0.25, 0.3) is 0 Å². The normalized spacial score (nSPS) is 12.2. The fourth-order valence-electron chi connectivity index (χ4n) is 1.83. The number of aliphatic hydroxyl groups is 1. The summed E-state index contributed by atoms with van der Waals surface area (Å²) in [5, 5.41) is 13.0. The number of pyridine rings is 1. The van der Waals surface area contributed by atoms with E-state index >= 15 is 0 Å². The molecule has 1 heterocycles. The van der Waals surface area contributed by atoms with Gasteiger partial charge in [-0.05, 0) is 23.3 Å². The SMILES string of the molecule is OC(CNCc1ccncc1)COCc1ccccc1. The van der Waals surface area contributed by atoms with Gasteiger partial charge in [0.1, 0.15) is 0 Å². The Morgan fingerprint density at radius 3 is 2.55 bits per heavy atom. The number of benzene rings is 1. The molecule has 0 spiro atoms. The molecule has 1 unspecified atom stereocenters. The fourth-order valence-corrected chi connectivity index (χ4v) is 1.83. The molecule has 0 bridgehead atoms. The fraction of sp³-hybridized carbons (Fsp3) is 0.312. The molecule has 4 heteroatoms. The molecule has 20 heavy (non-hydrogen) atoms. The minimum Gasteiger partial charge on any atom is -0.389 e. The summed E-state index contributed by atoms with van der Waals surface area (Å²) in [6.45, 7) is 2.09. The Hall–Kier alpha value is -1.75. The monoisotopic (exact) mass is 272 g/mol. The van der Waals surface area contributed by atoms with Crippen LogP contribution in [0.5, 0.6) is 0 Å². The van der Waals surface area contributed by atoms with E-state index in [-0.39, 0.29) is 0 Å². The minimum absolute atomic E-state index is 0.332. The molecule has 2 N–H and O–H groups in total. The maximum absolute atomic E-state index is 9.81. The van der Waals surface area contributed by atoms with Gasteiger partial charge in [0.05, 0.1) is 19.3 Å². The second-order valence-corrected chi connectivity index (χ2v) is 4.64. The number of nitrogens with one attached hydrogen (secondary N) is 1. The average Bonchev–Trinajstić information content (AvgIpc) is 2.49. The van der Waals surface area contributed by atoms with Gasteiger partial charge >= 0.3 is 0 Å². The van der Waals surface area contributed by atoms with E-state index in [1.165, 1.54) is 0 Å². The van der Waals surface area contributed by atoms with Crippen molar-refractivity contribution >= 4 is 0 Å². The van der Waals surface area contributed by atoms with Crippen LogP contribution in [0.15, 0.2) is 54.9 Å². The summed E-state index contributed by atoms with van der Waals surface area (Å²) < 4.78 is 5.48. The van der Waals surface area contributed by atoms with Crippen molar-refractivity contribution in [2.75, 3.05) is 13.2 Å². The molecular weight excluding hydrogens is 252 g/mol. The lowest BCUT2D eigenvalue weighted by Crippen LogP contribution is -2.30. The maximum Gasteiger partial charge on any atom is 0.0897 e. The molecule has 2 aromatic rings. The van der Waals surface area contributed by atoms with Crippen molar-refractivity contribution in [2.24, 2.45) is 0 Å². The van der Waals surface area contributed by atoms with E-state index in [4.69, 9.17) is 4.74 Å². The highest BCUT2D eigenvalue weighted by Crippen LogP contribution is 2.01. The summed E-state index contributed by atoms with van der Waals surface area (Å²) >= 11 is 0. The van der Waals surface area contributed by atoms with Gasteiger partial charge in [-0.25, -0.2) is 0 Å². The summed E-state index contributed by atoms with van der Waals surface area (Å²) in [6.07, 6.45) is 3.02. The summed E-state index contributed by atoms with van der Waals surface area (Å²) in [5.74, 6) is 0. The smallest absolute Gasteiger partial charge is 0.0897 e. The number of aromatic nitrogens is 1. The molecule has 1 aromatic carbocycles. The van der Waals surface area contributed by atoms with Crippen molar-refractivity contribution in [3.63, 3.8) is 0 Å². The Balaban J connectivity index is 1.58. The third-order valence-electron chi connectivity index (χ3n) is 2.88. The van der Waals surface area contributed by atoms with Crippen LogP contribution < -0.4 is 5.32 Å². The van der Waals surface area contributed by atoms with Crippen LogP contribution in [0.4, 0.5) is 0 Å². The zero-order valence-corrected chi connectivity index (χ0v) is 11.4. The van der Waals surface area contributed by atoms with Gasteiger partial charge in [-0.3, -0.25) is 4.98 Å². The van der Waals surface area contributed by atoms with Gasteiger partial charge in [0, 0.05) is 25.5 Å². The van der Waals surface area contributed by atoms with Gasteiger partial charge in [-0.15, -0.1) is 0 Å². The van der Waals surface area contributed by atoms with E-state index in [9.17, 15) is 5.11 Å². The summed E-state index contributed by atoms with van der Waals surface area (Å²) in [5.41, 5.74) is 2.27. The van der Waals surface area contributed by atoms with Gasteiger partial charge in [0.25, 0.3) is 0 Å². The Kier molecular flexibility index (Phi) is 6.17. The van der Waals surface area contributed by atoms with Gasteiger partial charge in [0.2, 0.25) is 0 Å². The molecule has 2 rings (SSSR count). The summed E-state index contributed by atoms with van der Waals surface area (Å²) in [6, 6.07) is 13.8. The second-order valence-electron chi connectivity index (χ2n) is 4.64. The molecular formula is C16H20N2O2. The van der Waals surface area contributed by atoms with Crippen molar-refractivity contribution < 1.29 is 9.84 Å². The highest BCUT2D eigenvalue weighted by Gasteiger charge is 2.04. The highest BCUT2D eigenvalue weighted by atomic mass is 16.5. The number of hydrogen-bond acceptors (Lipinski definition) is 4. The Labute approximate surface area is 119 Å². The molecule has 4 nitrogen and oxygen atoms in total. The molecule has 0 fully saturated rings. The number of hydrogen-bond donors (Lipinski definition) is 2. The lowest BCUT2D eigenvalue weighted by molar-refractivity contribution is 0.0287. The van der Waals surface area contributed by atoms with Gasteiger partial charge in [0.15, 0.2) is 0 Å². The van der Waals surface area contributed by atoms with Crippen LogP contribution in [0, 0.1) is 0 Å². The van der Waals surface area contributed by atoms with Gasteiger partial charge < -0.3 is 15.2 Å². The van der Waals surface area contributed by atoms with E-state index in [1.807, 2.05) is 42.5 Å². The minimum atomic E-state index is -0.499. The molecule has 1 atom stereocenters. The lowest BCUT2D eigenvalue weighted by Gasteiger charge is -2.12. The Morgan fingerprint density at radius 2 is 1.80 bits per heavy atom. The number of rotatable bonds is 8. The van der Waals surface area contributed by atoms with Crippen LogP contribution in [0.1, 0.15) is 11.1 Å². The van der Waals surface area contributed by atoms with Crippen LogP contribution >= 0.6 is 0 Å². The topological polar surface area (TPSA) is 54.4 Å². The van der Waals surface area contributed by atoms with Crippen molar-refractivity contribution in [1.29, 1.82) is 0 Å². The molecule has 0 saturated carbocycles. The van der Waals surface area contributed by atoms with E-state index in [0.29, 0.717) is 19.8 Å². The van der Waals surface area contributed by atoms with Crippen molar-refractivity contribution in [3.05, 3.63) is 66.0 Å². The third kappa shape index (κ3) is 5.48. The summed E-state index contributed by atoms with van der Waals surface area (Å²) in [7, 11) is 0.